The minimum atomic E-state index is 1.28. The number of quaternary nitrogens is 1. The van der Waals surface area contributed by atoms with E-state index in [1.807, 2.05) is 0 Å². The van der Waals surface area contributed by atoms with Crippen LogP contribution < -0.4 is 5.90 Å². The van der Waals surface area contributed by atoms with Crippen LogP contribution in [0.5, 0.6) is 0 Å². The van der Waals surface area contributed by atoms with Crippen LogP contribution in [0.4, 0.5) is 0 Å². The zero-order valence-corrected chi connectivity index (χ0v) is 8.30. The van der Waals surface area contributed by atoms with Crippen molar-refractivity contribution in [1.29, 1.82) is 0 Å². The summed E-state index contributed by atoms with van der Waals surface area (Å²) in [5.74, 6) is 3.50. The van der Waals surface area contributed by atoms with Gasteiger partial charge in [0, 0.05) is 0 Å². The second-order valence-corrected chi connectivity index (χ2v) is 2.61. The second-order valence-electron chi connectivity index (χ2n) is 2.61. The molecule has 0 amide bonds. The first-order valence-electron chi connectivity index (χ1n) is 4.35. The molecule has 0 aliphatic carbocycles. The Morgan fingerprint density at radius 2 is 1.00 bits per heavy atom. The van der Waals surface area contributed by atoms with Gasteiger partial charge in [0.15, 0.2) is 0 Å². The van der Waals surface area contributed by atoms with E-state index in [0.717, 1.165) is 0 Å². The highest BCUT2D eigenvalue weighted by Gasteiger charge is 2.16. The standard InChI is InChI=1S/C8H20N.H3NO/c1-5-9(6-2,7-3)8-4;1-2/h5-8H2,1-4H3;2H,1H2/q+1;. The number of nitrogens with two attached hydrogens (primary N) is 1. The average Bonchev–Trinajstić information content (AvgIpc) is 2.13. The van der Waals surface area contributed by atoms with E-state index in [1.54, 1.807) is 0 Å². The third kappa shape index (κ3) is 4.35. The molecule has 0 bridgehead atoms. The molecular weight excluding hydrogens is 140 g/mol. The molecule has 0 fully saturated rings. The van der Waals surface area contributed by atoms with Crippen LogP contribution in [-0.4, -0.2) is 35.9 Å². The van der Waals surface area contributed by atoms with Crippen LogP contribution >= 0.6 is 0 Å². The molecule has 0 atom stereocenters. The van der Waals surface area contributed by atoms with Gasteiger partial charge < -0.3 is 9.69 Å². The van der Waals surface area contributed by atoms with Crippen molar-refractivity contribution in [2.45, 2.75) is 27.7 Å². The SMILES string of the molecule is CC[N+](CC)(CC)CC.NO. The first kappa shape index (κ1) is 13.5. The van der Waals surface area contributed by atoms with Crippen molar-refractivity contribution in [3.8, 4) is 0 Å². The lowest BCUT2D eigenvalue weighted by Gasteiger charge is -2.34. The lowest BCUT2D eigenvalue weighted by atomic mass is 10.3. The fourth-order valence-corrected chi connectivity index (χ4v) is 1.34. The Labute approximate surface area is 70.4 Å². The highest BCUT2D eigenvalue weighted by molar-refractivity contribution is 4.31. The van der Waals surface area contributed by atoms with E-state index in [0.29, 0.717) is 0 Å². The fourth-order valence-electron chi connectivity index (χ4n) is 1.34. The van der Waals surface area contributed by atoms with Gasteiger partial charge >= 0.3 is 0 Å². The number of nitrogens with zero attached hydrogens (tertiary/aromatic N) is 1. The van der Waals surface area contributed by atoms with Crippen molar-refractivity contribution >= 4 is 0 Å². The van der Waals surface area contributed by atoms with Crippen LogP contribution in [0.3, 0.4) is 0 Å². The lowest BCUT2D eigenvalue weighted by Crippen LogP contribution is -2.47. The summed E-state index contributed by atoms with van der Waals surface area (Å²) >= 11 is 0. The molecule has 0 aromatic heterocycles. The lowest BCUT2D eigenvalue weighted by molar-refractivity contribution is -0.921. The molecule has 11 heavy (non-hydrogen) atoms. The van der Waals surface area contributed by atoms with Gasteiger partial charge in [-0.25, -0.2) is 5.90 Å². The quantitative estimate of drug-likeness (QED) is 0.483. The molecule has 0 saturated heterocycles. The van der Waals surface area contributed by atoms with Gasteiger partial charge in [-0.05, 0) is 27.7 Å². The molecule has 0 radical (unpaired) electrons. The number of rotatable bonds is 4. The normalized spacial score (nSPS) is 10.4. The monoisotopic (exact) mass is 163 g/mol. The molecule has 0 saturated carbocycles. The predicted octanol–water partition coefficient (Wildman–Crippen LogP) is 1.22. The van der Waals surface area contributed by atoms with Crippen LogP contribution in [0, 0.1) is 0 Å². The second kappa shape index (κ2) is 7.98. The van der Waals surface area contributed by atoms with E-state index in [1.165, 1.54) is 30.7 Å². The van der Waals surface area contributed by atoms with Crippen molar-refractivity contribution < 1.29 is 9.69 Å². The van der Waals surface area contributed by atoms with E-state index in [-0.39, 0.29) is 0 Å². The molecule has 3 nitrogen and oxygen atoms in total. The van der Waals surface area contributed by atoms with E-state index >= 15 is 0 Å². The molecule has 0 spiro atoms. The Hall–Kier alpha value is -0.120. The van der Waals surface area contributed by atoms with Gasteiger partial charge in [0.1, 0.15) is 0 Å². The molecule has 0 aromatic rings. The van der Waals surface area contributed by atoms with Crippen LogP contribution in [-0.2, 0) is 0 Å². The molecule has 0 rings (SSSR count). The van der Waals surface area contributed by atoms with Crippen molar-refractivity contribution in [3.05, 3.63) is 0 Å². The van der Waals surface area contributed by atoms with Gasteiger partial charge in [-0.1, -0.05) is 0 Å². The largest absolute Gasteiger partial charge is 0.325 e. The van der Waals surface area contributed by atoms with E-state index in [2.05, 4.69) is 33.6 Å². The molecule has 0 aromatic carbocycles. The summed E-state index contributed by atoms with van der Waals surface area (Å²) in [4.78, 5) is 0. The van der Waals surface area contributed by atoms with Gasteiger partial charge in [-0.2, -0.15) is 0 Å². The minimum absolute atomic E-state index is 1.28. The molecular formula is C8H23N2O+. The zero-order chi connectivity index (χ0) is 9.33. The first-order chi connectivity index (χ1) is 5.24. The highest BCUT2D eigenvalue weighted by Crippen LogP contribution is 2.03. The summed E-state index contributed by atoms with van der Waals surface area (Å²) in [7, 11) is 0. The van der Waals surface area contributed by atoms with Crippen LogP contribution in [0.1, 0.15) is 27.7 Å². The Morgan fingerprint density at radius 3 is 1.00 bits per heavy atom. The Bertz CT molecular complexity index is 55.0. The van der Waals surface area contributed by atoms with Crippen molar-refractivity contribution in [1.82, 2.24) is 0 Å². The summed E-state index contributed by atoms with van der Waals surface area (Å²) in [5.41, 5.74) is 0. The zero-order valence-electron chi connectivity index (χ0n) is 8.30. The summed E-state index contributed by atoms with van der Waals surface area (Å²) in [6.45, 7) is 14.2. The summed E-state index contributed by atoms with van der Waals surface area (Å²) < 4.78 is 1.28. The molecule has 0 aliphatic rings. The van der Waals surface area contributed by atoms with Crippen molar-refractivity contribution in [3.63, 3.8) is 0 Å². The topological polar surface area (TPSA) is 46.2 Å². The number of hydrogen-bond acceptors (Lipinski definition) is 2. The third-order valence-electron chi connectivity index (χ3n) is 2.68. The molecule has 3 N–H and O–H groups in total. The minimum Gasteiger partial charge on any atom is -0.325 e. The first-order valence-corrected chi connectivity index (χ1v) is 4.35. The van der Waals surface area contributed by atoms with Crippen LogP contribution in [0.15, 0.2) is 0 Å². The van der Waals surface area contributed by atoms with E-state index in [9.17, 15) is 0 Å². The molecule has 0 unspecified atom stereocenters. The van der Waals surface area contributed by atoms with Crippen LogP contribution in [0.25, 0.3) is 0 Å². The van der Waals surface area contributed by atoms with Gasteiger partial charge in [0.25, 0.3) is 0 Å². The van der Waals surface area contributed by atoms with Gasteiger partial charge in [0.05, 0.1) is 26.2 Å². The average molecular weight is 163 g/mol. The van der Waals surface area contributed by atoms with Gasteiger partial charge in [-0.15, -0.1) is 0 Å². The summed E-state index contributed by atoms with van der Waals surface area (Å²) in [5, 5.41) is 6.50. The van der Waals surface area contributed by atoms with Crippen molar-refractivity contribution in [2.75, 3.05) is 26.2 Å². The predicted molar refractivity (Wildman–Crippen MR) is 48.4 cm³/mol. The maximum Gasteiger partial charge on any atom is 0.0757 e. The third-order valence-corrected chi connectivity index (χ3v) is 2.68. The maximum absolute atomic E-state index is 6.50. The Balaban J connectivity index is 0. The van der Waals surface area contributed by atoms with Gasteiger partial charge in [0.2, 0.25) is 0 Å². The fraction of sp³-hybridized carbons (Fsp3) is 1.00. The summed E-state index contributed by atoms with van der Waals surface area (Å²) in [6, 6.07) is 0. The smallest absolute Gasteiger partial charge is 0.0757 e. The van der Waals surface area contributed by atoms with Gasteiger partial charge in [-0.3, -0.25) is 0 Å². The van der Waals surface area contributed by atoms with E-state index < -0.39 is 0 Å². The molecule has 3 heteroatoms. The molecule has 70 valence electrons. The van der Waals surface area contributed by atoms with E-state index in [4.69, 9.17) is 5.21 Å². The van der Waals surface area contributed by atoms with Crippen molar-refractivity contribution in [2.24, 2.45) is 5.90 Å². The Morgan fingerprint density at radius 1 is 0.818 bits per heavy atom. The molecule has 0 heterocycles. The summed E-state index contributed by atoms with van der Waals surface area (Å²) in [6.07, 6.45) is 0. The molecule has 0 aliphatic heterocycles. The van der Waals surface area contributed by atoms with Crippen LogP contribution in [0.2, 0.25) is 0 Å². The highest BCUT2D eigenvalue weighted by atomic mass is 16.4. The number of hydrogen-bond donors (Lipinski definition) is 2. The Kier molecular flexibility index (Phi) is 9.77. The maximum atomic E-state index is 6.50.